The molecule has 2 aromatic carbocycles. The molecule has 9 heteroatoms. The van der Waals surface area contributed by atoms with Crippen molar-refractivity contribution in [1.29, 1.82) is 0 Å². The molecule has 1 aliphatic heterocycles. The lowest BCUT2D eigenvalue weighted by Crippen LogP contribution is -2.54. The molecule has 2 aromatic rings. The maximum Gasteiger partial charge on any atom is 0.336 e. The van der Waals surface area contributed by atoms with Crippen LogP contribution in [0.5, 0.6) is 23.0 Å². The van der Waals surface area contributed by atoms with Crippen molar-refractivity contribution in [2.75, 3.05) is 33.3 Å². The van der Waals surface area contributed by atoms with Crippen molar-refractivity contribution < 1.29 is 33.3 Å². The standard InChI is InChI=1S/C21H20N2O7/c1-27-15-8-6-5-7-14(15)23-20(25)13(19(24)22-21(23)26)9-12-10-17(29-3)18(30-4)11-16(12)28-2/h5-11H,1-4H3,(H,22,24,26)/b13-9+. The fourth-order valence-electron chi connectivity index (χ4n) is 3.01. The van der Waals surface area contributed by atoms with Gasteiger partial charge in [-0.2, -0.15) is 0 Å². The molecule has 0 spiro atoms. The molecule has 0 bridgehead atoms. The number of imide groups is 2. The van der Waals surface area contributed by atoms with Crippen molar-refractivity contribution in [3.8, 4) is 23.0 Å². The molecule has 1 saturated heterocycles. The zero-order valence-electron chi connectivity index (χ0n) is 16.8. The molecule has 0 unspecified atom stereocenters. The van der Waals surface area contributed by atoms with Crippen LogP contribution in [-0.2, 0) is 9.59 Å². The zero-order chi connectivity index (χ0) is 21.8. The van der Waals surface area contributed by atoms with Gasteiger partial charge in [-0.25, -0.2) is 9.69 Å². The lowest BCUT2D eigenvalue weighted by Gasteiger charge is -2.27. The van der Waals surface area contributed by atoms with Crippen LogP contribution in [0.1, 0.15) is 5.56 Å². The Morgan fingerprint density at radius 1 is 0.800 bits per heavy atom. The number of hydrogen-bond donors (Lipinski definition) is 1. The topological polar surface area (TPSA) is 103 Å². The maximum atomic E-state index is 13.1. The van der Waals surface area contributed by atoms with Crippen LogP contribution in [0.3, 0.4) is 0 Å². The molecule has 0 aromatic heterocycles. The molecule has 0 radical (unpaired) electrons. The van der Waals surface area contributed by atoms with Crippen molar-refractivity contribution in [1.82, 2.24) is 5.32 Å². The van der Waals surface area contributed by atoms with Gasteiger partial charge in [-0.3, -0.25) is 14.9 Å². The molecule has 1 aliphatic rings. The number of carbonyl (C=O) groups is 3. The van der Waals surface area contributed by atoms with Crippen molar-refractivity contribution in [2.45, 2.75) is 0 Å². The third-order valence-electron chi connectivity index (χ3n) is 4.46. The summed E-state index contributed by atoms with van der Waals surface area (Å²) < 4.78 is 21.1. The summed E-state index contributed by atoms with van der Waals surface area (Å²) in [5.41, 5.74) is 0.342. The number of carbonyl (C=O) groups excluding carboxylic acids is 3. The van der Waals surface area contributed by atoms with Gasteiger partial charge in [0.25, 0.3) is 11.8 Å². The number of ether oxygens (including phenoxy) is 4. The lowest BCUT2D eigenvalue weighted by atomic mass is 10.0. The van der Waals surface area contributed by atoms with Gasteiger partial charge in [0.1, 0.15) is 17.1 Å². The minimum atomic E-state index is -0.870. The molecule has 1 N–H and O–H groups in total. The highest BCUT2D eigenvalue weighted by Gasteiger charge is 2.38. The number of benzene rings is 2. The average Bonchev–Trinajstić information content (AvgIpc) is 2.76. The van der Waals surface area contributed by atoms with E-state index in [0.717, 1.165) is 4.90 Å². The van der Waals surface area contributed by atoms with Crippen LogP contribution >= 0.6 is 0 Å². The van der Waals surface area contributed by atoms with Crippen molar-refractivity contribution in [2.24, 2.45) is 0 Å². The number of methoxy groups -OCH3 is 4. The second-order valence-corrected chi connectivity index (χ2v) is 6.08. The molecular weight excluding hydrogens is 392 g/mol. The number of anilines is 1. The molecule has 156 valence electrons. The minimum absolute atomic E-state index is 0.208. The van der Waals surface area contributed by atoms with Crippen molar-refractivity contribution in [3.05, 3.63) is 47.5 Å². The summed E-state index contributed by atoms with van der Waals surface area (Å²) in [5.74, 6) is -0.175. The van der Waals surface area contributed by atoms with Crippen LogP contribution in [0.25, 0.3) is 6.08 Å². The highest BCUT2D eigenvalue weighted by Crippen LogP contribution is 2.36. The van der Waals surface area contributed by atoms with Gasteiger partial charge >= 0.3 is 6.03 Å². The average molecular weight is 412 g/mol. The minimum Gasteiger partial charge on any atom is -0.496 e. The Morgan fingerprint density at radius 3 is 2.03 bits per heavy atom. The summed E-state index contributed by atoms with van der Waals surface area (Å²) in [7, 11) is 5.80. The molecule has 4 amide bonds. The Morgan fingerprint density at radius 2 is 1.40 bits per heavy atom. The van der Waals surface area contributed by atoms with E-state index in [2.05, 4.69) is 5.32 Å². The fraction of sp³-hybridized carbons (Fsp3) is 0.190. The van der Waals surface area contributed by atoms with Gasteiger partial charge in [-0.1, -0.05) is 12.1 Å². The molecular formula is C21H20N2O7. The summed E-state index contributed by atoms with van der Waals surface area (Å²) in [4.78, 5) is 38.8. The molecule has 30 heavy (non-hydrogen) atoms. The van der Waals surface area contributed by atoms with Crippen LogP contribution in [0.15, 0.2) is 42.0 Å². The van der Waals surface area contributed by atoms with E-state index in [0.29, 0.717) is 28.6 Å². The first-order chi connectivity index (χ1) is 14.4. The molecule has 1 fully saturated rings. The van der Waals surface area contributed by atoms with Gasteiger partial charge in [-0.15, -0.1) is 0 Å². The van der Waals surface area contributed by atoms with Gasteiger partial charge in [0.2, 0.25) is 0 Å². The molecule has 1 heterocycles. The van der Waals surface area contributed by atoms with Gasteiger partial charge in [-0.05, 0) is 24.3 Å². The monoisotopic (exact) mass is 412 g/mol. The van der Waals surface area contributed by atoms with Crippen LogP contribution in [0.4, 0.5) is 10.5 Å². The molecule has 9 nitrogen and oxygen atoms in total. The van der Waals surface area contributed by atoms with E-state index >= 15 is 0 Å². The number of para-hydroxylation sites is 2. The van der Waals surface area contributed by atoms with Crippen molar-refractivity contribution >= 4 is 29.6 Å². The van der Waals surface area contributed by atoms with Gasteiger partial charge in [0, 0.05) is 11.6 Å². The third-order valence-corrected chi connectivity index (χ3v) is 4.46. The smallest absolute Gasteiger partial charge is 0.336 e. The zero-order valence-corrected chi connectivity index (χ0v) is 16.8. The van der Waals surface area contributed by atoms with Crippen LogP contribution in [0, 0.1) is 0 Å². The highest BCUT2D eigenvalue weighted by molar-refractivity contribution is 6.39. The van der Waals surface area contributed by atoms with E-state index in [4.69, 9.17) is 18.9 Å². The van der Waals surface area contributed by atoms with Crippen LogP contribution < -0.4 is 29.2 Å². The Bertz CT molecular complexity index is 1050. The summed E-state index contributed by atoms with van der Waals surface area (Å²) in [6.45, 7) is 0. The molecule has 3 rings (SSSR count). The Hall–Kier alpha value is -4.01. The summed E-state index contributed by atoms with van der Waals surface area (Å²) in [6, 6.07) is 8.76. The third kappa shape index (κ3) is 3.64. The molecule has 0 atom stereocenters. The van der Waals surface area contributed by atoms with Crippen LogP contribution in [0.2, 0.25) is 0 Å². The SMILES string of the molecule is COc1cc(OC)c(OC)cc1/C=C1\C(=O)NC(=O)N(c2ccccc2OC)C1=O. The van der Waals surface area contributed by atoms with Gasteiger partial charge in [0.05, 0.1) is 34.1 Å². The summed E-state index contributed by atoms with van der Waals surface area (Å²) in [5, 5.41) is 2.18. The van der Waals surface area contributed by atoms with Crippen LogP contribution in [-0.4, -0.2) is 46.3 Å². The summed E-state index contributed by atoms with van der Waals surface area (Å²) >= 11 is 0. The second-order valence-electron chi connectivity index (χ2n) is 6.08. The van der Waals surface area contributed by atoms with E-state index < -0.39 is 17.8 Å². The van der Waals surface area contributed by atoms with E-state index in [1.165, 1.54) is 34.5 Å². The molecule has 0 aliphatic carbocycles. The number of barbiturate groups is 1. The Labute approximate surface area is 172 Å². The predicted molar refractivity (Wildman–Crippen MR) is 108 cm³/mol. The van der Waals surface area contributed by atoms with E-state index in [9.17, 15) is 14.4 Å². The van der Waals surface area contributed by atoms with E-state index in [1.54, 1.807) is 36.4 Å². The number of amides is 4. The second kappa shape index (κ2) is 8.56. The maximum absolute atomic E-state index is 13.1. The quantitative estimate of drug-likeness (QED) is 0.574. The van der Waals surface area contributed by atoms with Gasteiger partial charge in [0.15, 0.2) is 11.5 Å². The van der Waals surface area contributed by atoms with E-state index in [1.807, 2.05) is 0 Å². The molecule has 0 saturated carbocycles. The Kier molecular flexibility index (Phi) is 5.91. The first kappa shape index (κ1) is 20.7. The summed E-state index contributed by atoms with van der Waals surface area (Å²) in [6.07, 6.45) is 1.33. The largest absolute Gasteiger partial charge is 0.496 e. The normalized spacial score (nSPS) is 15.1. The highest BCUT2D eigenvalue weighted by atomic mass is 16.5. The number of nitrogens with one attached hydrogen (secondary N) is 1. The first-order valence-electron chi connectivity index (χ1n) is 8.79. The first-order valence-corrected chi connectivity index (χ1v) is 8.79. The number of urea groups is 1. The lowest BCUT2D eigenvalue weighted by molar-refractivity contribution is -0.122. The van der Waals surface area contributed by atoms with Gasteiger partial charge < -0.3 is 18.9 Å². The Balaban J connectivity index is 2.11. The number of nitrogens with zero attached hydrogens (tertiary/aromatic N) is 1. The fourth-order valence-corrected chi connectivity index (χ4v) is 3.01. The number of rotatable bonds is 6. The predicted octanol–water partition coefficient (Wildman–Crippen LogP) is 2.39. The number of hydrogen-bond acceptors (Lipinski definition) is 7. The van der Waals surface area contributed by atoms with Crippen molar-refractivity contribution in [3.63, 3.8) is 0 Å². The van der Waals surface area contributed by atoms with E-state index in [-0.39, 0.29) is 11.3 Å².